The molecule has 9 nitrogen and oxygen atoms in total. The summed E-state index contributed by atoms with van der Waals surface area (Å²) in [4.78, 5) is 39.6. The fraction of sp³-hybridized carbons (Fsp3) is 0.526. The second-order valence-corrected chi connectivity index (χ2v) is 9.75. The molecule has 3 rings (SSSR count). The summed E-state index contributed by atoms with van der Waals surface area (Å²) in [6, 6.07) is 5.92. The van der Waals surface area contributed by atoms with E-state index in [9.17, 15) is 22.8 Å². The van der Waals surface area contributed by atoms with Gasteiger partial charge in [-0.3, -0.25) is 19.3 Å². The van der Waals surface area contributed by atoms with Gasteiger partial charge in [0.25, 0.3) is 5.91 Å². The predicted octanol–water partition coefficient (Wildman–Crippen LogP) is 1.11. The molecule has 2 aliphatic rings. The van der Waals surface area contributed by atoms with E-state index in [1.165, 1.54) is 11.8 Å². The number of carbonyl (C=O) groups excluding carboxylic acids is 3. The highest BCUT2D eigenvalue weighted by Gasteiger charge is 2.46. The lowest BCUT2D eigenvalue weighted by atomic mass is 9.95. The van der Waals surface area contributed by atoms with Crippen molar-refractivity contribution in [2.75, 3.05) is 23.0 Å². The molecule has 0 bridgehead atoms. The summed E-state index contributed by atoms with van der Waals surface area (Å²) < 4.78 is 30.2. The number of nitrogens with one attached hydrogen (secondary N) is 1. The molecule has 10 heteroatoms. The molecule has 2 heterocycles. The molecule has 158 valence electrons. The average Bonchev–Trinajstić information content (AvgIpc) is 3.12. The number of fused-ring (bicyclic) bond motifs is 1. The van der Waals surface area contributed by atoms with Crippen molar-refractivity contribution in [3.8, 4) is 0 Å². The van der Waals surface area contributed by atoms with Crippen molar-refractivity contribution < 1.29 is 27.5 Å². The number of hydrogen-bond donors (Lipinski definition) is 1. The summed E-state index contributed by atoms with van der Waals surface area (Å²) >= 11 is 0. The first-order valence-corrected chi connectivity index (χ1v) is 11.2. The predicted molar refractivity (Wildman–Crippen MR) is 107 cm³/mol. The molecule has 1 N–H and O–H groups in total. The normalized spacial score (nSPS) is 22.6. The second kappa shape index (κ2) is 7.42. The van der Waals surface area contributed by atoms with Crippen LogP contribution in [0.5, 0.6) is 0 Å². The lowest BCUT2D eigenvalue weighted by Crippen LogP contribution is -2.60. The number of para-hydroxylation sites is 2. The Hall–Kier alpha value is -2.46. The Labute approximate surface area is 170 Å². The van der Waals surface area contributed by atoms with Crippen molar-refractivity contribution in [1.29, 1.82) is 0 Å². The Balaban J connectivity index is 1.83. The van der Waals surface area contributed by atoms with E-state index in [4.69, 9.17) is 4.74 Å². The van der Waals surface area contributed by atoms with Gasteiger partial charge in [0.05, 0.1) is 17.6 Å². The third-order valence-electron chi connectivity index (χ3n) is 5.27. The highest BCUT2D eigenvalue weighted by atomic mass is 32.2. The molecule has 1 aromatic carbocycles. The Morgan fingerprint density at radius 1 is 1.28 bits per heavy atom. The number of sulfonamides is 1. The third-order valence-corrected chi connectivity index (χ3v) is 6.56. The molecule has 0 aliphatic carbocycles. The lowest BCUT2D eigenvalue weighted by molar-refractivity contribution is -0.157. The van der Waals surface area contributed by atoms with Gasteiger partial charge in [0.1, 0.15) is 11.6 Å². The summed E-state index contributed by atoms with van der Waals surface area (Å²) in [5.41, 5.74) is -0.204. The van der Waals surface area contributed by atoms with Crippen LogP contribution in [0, 0.1) is 0 Å². The maximum absolute atomic E-state index is 13.2. The molecule has 1 aromatic rings. The number of rotatable bonds is 4. The number of amides is 2. The average molecular weight is 423 g/mol. The van der Waals surface area contributed by atoms with E-state index in [1.54, 1.807) is 38.1 Å². The number of ether oxygens (including phenoxy) is 1. The number of nitrogens with zero attached hydrogens (tertiary/aromatic N) is 2. The van der Waals surface area contributed by atoms with Crippen LogP contribution in [0.2, 0.25) is 0 Å². The molecule has 1 fully saturated rings. The molecule has 2 aliphatic heterocycles. The smallest absolute Gasteiger partial charge is 0.325 e. The van der Waals surface area contributed by atoms with Gasteiger partial charge in [0.2, 0.25) is 15.9 Å². The Morgan fingerprint density at radius 3 is 2.59 bits per heavy atom. The van der Waals surface area contributed by atoms with Gasteiger partial charge in [0, 0.05) is 6.54 Å². The van der Waals surface area contributed by atoms with E-state index in [1.807, 2.05) is 0 Å². The van der Waals surface area contributed by atoms with Gasteiger partial charge < -0.3 is 10.1 Å². The second-order valence-electron chi connectivity index (χ2n) is 7.81. The topological polar surface area (TPSA) is 113 Å². The highest BCUT2D eigenvalue weighted by molar-refractivity contribution is 7.88. The van der Waals surface area contributed by atoms with E-state index in [0.29, 0.717) is 24.2 Å². The summed E-state index contributed by atoms with van der Waals surface area (Å²) in [6.07, 6.45) is 0.733. The molecule has 0 radical (unpaired) electrons. The van der Waals surface area contributed by atoms with Gasteiger partial charge >= 0.3 is 5.97 Å². The molecule has 0 spiro atoms. The summed E-state index contributed by atoms with van der Waals surface area (Å²) in [5.74, 6) is -1.68. The molecule has 0 aromatic heterocycles. The van der Waals surface area contributed by atoms with Crippen molar-refractivity contribution >= 4 is 39.2 Å². The van der Waals surface area contributed by atoms with Crippen LogP contribution in [-0.2, 0) is 29.1 Å². The zero-order valence-corrected chi connectivity index (χ0v) is 17.7. The molecular formula is C19H25N3O6S. The van der Waals surface area contributed by atoms with Crippen LogP contribution in [0.25, 0.3) is 0 Å². The van der Waals surface area contributed by atoms with E-state index < -0.39 is 39.6 Å². The van der Waals surface area contributed by atoms with E-state index >= 15 is 0 Å². The summed E-state index contributed by atoms with van der Waals surface area (Å²) in [6.45, 7) is 4.87. The van der Waals surface area contributed by atoms with E-state index in [0.717, 1.165) is 10.6 Å². The van der Waals surface area contributed by atoms with Gasteiger partial charge in [-0.2, -0.15) is 4.31 Å². The summed E-state index contributed by atoms with van der Waals surface area (Å²) in [5, 5.41) is 2.77. The monoisotopic (exact) mass is 423 g/mol. The first-order chi connectivity index (χ1) is 13.4. The van der Waals surface area contributed by atoms with Crippen LogP contribution in [0.1, 0.15) is 33.6 Å². The van der Waals surface area contributed by atoms with Crippen molar-refractivity contribution in [2.24, 2.45) is 0 Å². The first-order valence-electron chi connectivity index (χ1n) is 9.36. The maximum atomic E-state index is 13.2. The summed E-state index contributed by atoms with van der Waals surface area (Å²) in [7, 11) is -3.55. The highest BCUT2D eigenvalue weighted by Crippen LogP contribution is 2.37. The minimum atomic E-state index is -3.55. The number of esters is 1. The molecule has 0 saturated carbocycles. The number of benzene rings is 1. The quantitative estimate of drug-likeness (QED) is 0.726. The van der Waals surface area contributed by atoms with Gasteiger partial charge in [-0.15, -0.1) is 0 Å². The van der Waals surface area contributed by atoms with Gasteiger partial charge in [-0.1, -0.05) is 12.1 Å². The molecule has 2 unspecified atom stereocenters. The SMILES string of the molecule is CC(OC(=O)C1CCCN1S(C)(=O)=O)C(=O)N1c2ccccc2NC(=O)C1(C)C. The molecule has 1 saturated heterocycles. The number of anilines is 2. The third kappa shape index (κ3) is 3.86. The zero-order chi connectivity index (χ0) is 21.6. The minimum absolute atomic E-state index is 0.244. The van der Waals surface area contributed by atoms with Gasteiger partial charge in [0.15, 0.2) is 6.10 Å². The van der Waals surface area contributed by atoms with Crippen LogP contribution >= 0.6 is 0 Å². The molecular weight excluding hydrogens is 398 g/mol. The fourth-order valence-corrected chi connectivity index (χ4v) is 4.82. The Morgan fingerprint density at radius 2 is 1.93 bits per heavy atom. The maximum Gasteiger partial charge on any atom is 0.325 e. The molecule has 29 heavy (non-hydrogen) atoms. The molecule has 2 amide bonds. The van der Waals surface area contributed by atoms with Crippen molar-refractivity contribution in [1.82, 2.24) is 4.31 Å². The van der Waals surface area contributed by atoms with Crippen LogP contribution in [0.3, 0.4) is 0 Å². The fourth-order valence-electron chi connectivity index (χ4n) is 3.70. The van der Waals surface area contributed by atoms with E-state index in [2.05, 4.69) is 5.32 Å². The van der Waals surface area contributed by atoms with Crippen LogP contribution < -0.4 is 10.2 Å². The van der Waals surface area contributed by atoms with Crippen LogP contribution in [-0.4, -0.2) is 61.0 Å². The first kappa shape index (κ1) is 21.3. The Kier molecular flexibility index (Phi) is 5.44. The van der Waals surface area contributed by atoms with Gasteiger partial charge in [-0.25, -0.2) is 8.42 Å². The number of hydrogen-bond acceptors (Lipinski definition) is 6. The van der Waals surface area contributed by atoms with Crippen molar-refractivity contribution in [3.05, 3.63) is 24.3 Å². The largest absolute Gasteiger partial charge is 0.451 e. The van der Waals surface area contributed by atoms with E-state index in [-0.39, 0.29) is 12.5 Å². The lowest BCUT2D eigenvalue weighted by Gasteiger charge is -2.42. The van der Waals surface area contributed by atoms with Crippen LogP contribution in [0.15, 0.2) is 24.3 Å². The molecule has 2 atom stereocenters. The standard InChI is InChI=1S/C19H25N3O6S/c1-12(28-17(24)15-10-7-11-21(15)29(4,26)27)16(23)22-14-9-6-5-8-13(14)20-18(25)19(22,2)3/h5-6,8-9,12,15H,7,10-11H2,1-4H3,(H,20,25). The van der Waals surface area contributed by atoms with Crippen molar-refractivity contribution in [2.45, 2.75) is 51.3 Å². The minimum Gasteiger partial charge on any atom is -0.451 e. The van der Waals surface area contributed by atoms with Gasteiger partial charge in [-0.05, 0) is 45.7 Å². The Bertz CT molecular complexity index is 958. The number of carbonyl (C=O) groups is 3. The van der Waals surface area contributed by atoms with Crippen molar-refractivity contribution in [3.63, 3.8) is 0 Å². The van der Waals surface area contributed by atoms with Crippen LogP contribution in [0.4, 0.5) is 11.4 Å². The zero-order valence-electron chi connectivity index (χ0n) is 16.8.